The number of nitro benzene ring substituents is 1. The van der Waals surface area contributed by atoms with E-state index < -0.39 is 4.92 Å². The Labute approximate surface area is 139 Å². The fraction of sp³-hybridized carbons (Fsp3) is 0.222. The molecule has 6 heteroatoms. The maximum atomic E-state index is 12.9. The molecule has 0 N–H and O–H groups in total. The molecule has 2 aromatic rings. The molecule has 6 nitrogen and oxygen atoms in total. The highest BCUT2D eigenvalue weighted by Crippen LogP contribution is 2.27. The maximum absolute atomic E-state index is 12.9. The Morgan fingerprint density at radius 3 is 2.67 bits per heavy atom. The van der Waals surface area contributed by atoms with Gasteiger partial charge >= 0.3 is 0 Å². The molecule has 0 spiro atoms. The number of aliphatic imine (C=N–C) groups is 1. The second-order valence-electron chi connectivity index (χ2n) is 5.54. The minimum atomic E-state index is -0.450. The number of amides is 1. The summed E-state index contributed by atoms with van der Waals surface area (Å²) in [5.74, 6) is -0.127. The Kier molecular flexibility index (Phi) is 4.37. The molecule has 0 saturated heterocycles. The summed E-state index contributed by atoms with van der Waals surface area (Å²) >= 11 is 0. The fourth-order valence-electron chi connectivity index (χ4n) is 2.70. The van der Waals surface area contributed by atoms with Crippen LogP contribution in [0.3, 0.4) is 0 Å². The Bertz CT molecular complexity index is 813. The quantitative estimate of drug-likeness (QED) is 0.643. The first kappa shape index (κ1) is 15.9. The summed E-state index contributed by atoms with van der Waals surface area (Å²) in [6.07, 6.45) is 2.51. The third-order valence-electron chi connectivity index (χ3n) is 4.05. The number of benzene rings is 2. The molecule has 1 aliphatic heterocycles. The zero-order chi connectivity index (χ0) is 17.1. The summed E-state index contributed by atoms with van der Waals surface area (Å²) in [6.45, 7) is 2.96. The van der Waals surface area contributed by atoms with Gasteiger partial charge in [0.25, 0.3) is 11.6 Å². The molecule has 0 fully saturated rings. The van der Waals surface area contributed by atoms with Crippen LogP contribution in [-0.4, -0.2) is 30.1 Å². The third kappa shape index (κ3) is 3.03. The first-order chi connectivity index (χ1) is 11.6. The predicted octanol–water partition coefficient (Wildman–Crippen LogP) is 3.24. The van der Waals surface area contributed by atoms with Crippen LogP contribution < -0.4 is 4.90 Å². The lowest BCUT2D eigenvalue weighted by Gasteiger charge is -2.22. The van der Waals surface area contributed by atoms with E-state index in [9.17, 15) is 14.9 Å². The van der Waals surface area contributed by atoms with Gasteiger partial charge in [-0.1, -0.05) is 19.1 Å². The number of hydrogen-bond donors (Lipinski definition) is 0. The van der Waals surface area contributed by atoms with E-state index in [0.717, 1.165) is 6.42 Å². The summed E-state index contributed by atoms with van der Waals surface area (Å²) in [4.78, 5) is 29.2. The number of non-ortho nitro benzene ring substituents is 1. The molecular weight excluding hydrogens is 306 g/mol. The van der Waals surface area contributed by atoms with Gasteiger partial charge in [-0.3, -0.25) is 19.9 Å². The Balaban J connectivity index is 1.97. The number of rotatable bonds is 3. The van der Waals surface area contributed by atoms with E-state index >= 15 is 0 Å². The second kappa shape index (κ2) is 6.62. The van der Waals surface area contributed by atoms with Crippen molar-refractivity contribution in [3.63, 3.8) is 0 Å². The number of nitrogens with zero attached hydrogens (tertiary/aromatic N) is 3. The van der Waals surface area contributed by atoms with Crippen molar-refractivity contribution in [1.29, 1.82) is 0 Å². The maximum Gasteiger partial charge on any atom is 0.270 e. The molecule has 24 heavy (non-hydrogen) atoms. The topological polar surface area (TPSA) is 75.8 Å². The van der Waals surface area contributed by atoms with Crippen molar-refractivity contribution < 1.29 is 9.72 Å². The molecule has 3 rings (SSSR count). The van der Waals surface area contributed by atoms with Gasteiger partial charge in [-0.15, -0.1) is 0 Å². The van der Waals surface area contributed by atoms with E-state index in [1.165, 1.54) is 17.7 Å². The van der Waals surface area contributed by atoms with E-state index in [1.807, 2.05) is 24.3 Å². The SMILES string of the molecule is CCc1ccc(C(=O)N2CCN=Cc3cc([N+](=O)[O-])ccc32)cc1. The van der Waals surface area contributed by atoms with Gasteiger partial charge in [0.1, 0.15) is 0 Å². The van der Waals surface area contributed by atoms with Crippen LogP contribution in [0.4, 0.5) is 11.4 Å². The molecule has 0 radical (unpaired) electrons. The largest absolute Gasteiger partial charge is 0.306 e. The predicted molar refractivity (Wildman–Crippen MR) is 93.1 cm³/mol. The van der Waals surface area contributed by atoms with Crippen molar-refractivity contribution in [3.05, 3.63) is 69.3 Å². The van der Waals surface area contributed by atoms with Gasteiger partial charge < -0.3 is 4.90 Å². The number of nitro groups is 1. The molecule has 0 bridgehead atoms. The molecule has 2 aromatic carbocycles. The van der Waals surface area contributed by atoms with Crippen molar-refractivity contribution in [1.82, 2.24) is 0 Å². The van der Waals surface area contributed by atoms with Crippen molar-refractivity contribution in [2.75, 3.05) is 18.0 Å². The van der Waals surface area contributed by atoms with E-state index in [4.69, 9.17) is 0 Å². The van der Waals surface area contributed by atoms with Crippen LogP contribution in [0.2, 0.25) is 0 Å². The van der Waals surface area contributed by atoms with E-state index in [0.29, 0.717) is 29.9 Å². The highest BCUT2D eigenvalue weighted by atomic mass is 16.6. The molecule has 122 valence electrons. The van der Waals surface area contributed by atoms with Gasteiger partial charge in [0.2, 0.25) is 0 Å². The average molecular weight is 323 g/mol. The normalized spacial score (nSPS) is 13.3. The van der Waals surface area contributed by atoms with Gasteiger partial charge in [-0.25, -0.2) is 0 Å². The number of hydrogen-bond acceptors (Lipinski definition) is 4. The van der Waals surface area contributed by atoms with Gasteiger partial charge in [-0.2, -0.15) is 0 Å². The highest BCUT2D eigenvalue weighted by molar-refractivity contribution is 6.09. The molecule has 1 heterocycles. The molecule has 0 atom stereocenters. The monoisotopic (exact) mass is 323 g/mol. The first-order valence-corrected chi connectivity index (χ1v) is 7.79. The standard InChI is InChI=1S/C18H17N3O3/c1-2-13-3-5-14(6-4-13)18(22)20-10-9-19-12-15-11-16(21(23)24)7-8-17(15)20/h3-8,11-12H,2,9-10H2,1H3. The van der Waals surface area contributed by atoms with Crippen LogP contribution in [0.5, 0.6) is 0 Å². The summed E-state index contributed by atoms with van der Waals surface area (Å²) in [7, 11) is 0. The van der Waals surface area contributed by atoms with Gasteiger partial charge in [0, 0.05) is 36.0 Å². The Morgan fingerprint density at radius 2 is 2.00 bits per heavy atom. The lowest BCUT2D eigenvalue weighted by atomic mass is 10.1. The molecule has 0 aliphatic carbocycles. The van der Waals surface area contributed by atoms with Crippen molar-refractivity contribution >= 4 is 23.5 Å². The number of carbonyl (C=O) groups is 1. The van der Waals surface area contributed by atoms with Crippen LogP contribution >= 0.6 is 0 Å². The van der Waals surface area contributed by atoms with Crippen LogP contribution in [0, 0.1) is 10.1 Å². The van der Waals surface area contributed by atoms with E-state index in [-0.39, 0.29) is 11.6 Å². The Morgan fingerprint density at radius 1 is 1.25 bits per heavy atom. The Hall–Kier alpha value is -3.02. The summed E-state index contributed by atoms with van der Waals surface area (Å²) in [5.41, 5.74) is 2.98. The second-order valence-corrected chi connectivity index (χ2v) is 5.54. The van der Waals surface area contributed by atoms with Gasteiger partial charge in [-0.05, 0) is 30.2 Å². The molecule has 0 aromatic heterocycles. The van der Waals surface area contributed by atoms with Gasteiger partial charge in [0.05, 0.1) is 17.2 Å². The fourth-order valence-corrected chi connectivity index (χ4v) is 2.70. The summed E-state index contributed by atoms with van der Waals surface area (Å²) in [5, 5.41) is 11.0. The molecule has 1 aliphatic rings. The van der Waals surface area contributed by atoms with E-state index in [1.54, 1.807) is 17.2 Å². The van der Waals surface area contributed by atoms with Crippen molar-refractivity contribution in [3.8, 4) is 0 Å². The van der Waals surface area contributed by atoms with Crippen LogP contribution in [0.25, 0.3) is 0 Å². The molecule has 0 saturated carbocycles. The molecule has 1 amide bonds. The lowest BCUT2D eigenvalue weighted by molar-refractivity contribution is -0.384. The van der Waals surface area contributed by atoms with E-state index in [2.05, 4.69) is 11.9 Å². The number of carbonyl (C=O) groups excluding carboxylic acids is 1. The zero-order valence-corrected chi connectivity index (χ0v) is 13.3. The molecular formula is C18H17N3O3. The lowest BCUT2D eigenvalue weighted by Crippen LogP contribution is -2.33. The minimum absolute atomic E-state index is 0.0122. The number of fused-ring (bicyclic) bond motifs is 1. The average Bonchev–Trinajstić information content (AvgIpc) is 2.83. The number of aryl methyl sites for hydroxylation is 1. The number of anilines is 1. The van der Waals surface area contributed by atoms with Crippen molar-refractivity contribution in [2.45, 2.75) is 13.3 Å². The summed E-state index contributed by atoms with van der Waals surface area (Å²) < 4.78 is 0. The summed E-state index contributed by atoms with van der Waals surface area (Å²) in [6, 6.07) is 12.0. The smallest absolute Gasteiger partial charge is 0.270 e. The van der Waals surface area contributed by atoms with Crippen LogP contribution in [0.1, 0.15) is 28.4 Å². The van der Waals surface area contributed by atoms with Crippen LogP contribution in [0.15, 0.2) is 47.5 Å². The minimum Gasteiger partial charge on any atom is -0.306 e. The third-order valence-corrected chi connectivity index (χ3v) is 4.05. The highest BCUT2D eigenvalue weighted by Gasteiger charge is 2.22. The first-order valence-electron chi connectivity index (χ1n) is 7.79. The zero-order valence-electron chi connectivity index (χ0n) is 13.3. The van der Waals surface area contributed by atoms with Gasteiger partial charge in [0.15, 0.2) is 0 Å². The number of benzodiazepines with no additional fused rings is 1. The van der Waals surface area contributed by atoms with Crippen LogP contribution in [-0.2, 0) is 6.42 Å². The van der Waals surface area contributed by atoms with Crippen molar-refractivity contribution in [2.24, 2.45) is 4.99 Å². The molecule has 0 unspecified atom stereocenters.